The van der Waals surface area contributed by atoms with E-state index in [1.165, 1.54) is 32.2 Å². The Bertz CT molecular complexity index is 121. The molecule has 1 aliphatic carbocycles. The Morgan fingerprint density at radius 3 is 2.69 bits per heavy atom. The first-order valence-electron chi connectivity index (χ1n) is 5.59. The van der Waals surface area contributed by atoms with E-state index in [1.807, 2.05) is 0 Å². The van der Waals surface area contributed by atoms with Crippen molar-refractivity contribution in [2.45, 2.75) is 39.0 Å². The molecule has 0 heterocycles. The second kappa shape index (κ2) is 6.67. The van der Waals surface area contributed by atoms with Gasteiger partial charge in [-0.1, -0.05) is 19.8 Å². The van der Waals surface area contributed by atoms with Gasteiger partial charge in [0.15, 0.2) is 0 Å². The van der Waals surface area contributed by atoms with Gasteiger partial charge in [-0.05, 0) is 44.2 Å². The third kappa shape index (κ3) is 4.87. The quantitative estimate of drug-likeness (QED) is 0.655. The molecular formula is C11H22ClN. The Hall–Kier alpha value is 0.250. The molecule has 1 atom stereocenters. The molecule has 0 spiro atoms. The van der Waals surface area contributed by atoms with Crippen molar-refractivity contribution in [1.82, 2.24) is 5.32 Å². The number of hydrogen-bond acceptors (Lipinski definition) is 1. The number of rotatable bonds is 6. The zero-order chi connectivity index (χ0) is 9.52. The van der Waals surface area contributed by atoms with Crippen LogP contribution in [0.4, 0.5) is 0 Å². The molecule has 1 unspecified atom stereocenters. The Labute approximate surface area is 87.2 Å². The highest BCUT2D eigenvalue weighted by atomic mass is 35.5. The van der Waals surface area contributed by atoms with E-state index in [9.17, 15) is 0 Å². The molecule has 0 bridgehead atoms. The van der Waals surface area contributed by atoms with Gasteiger partial charge in [0.05, 0.1) is 0 Å². The minimum Gasteiger partial charge on any atom is -0.316 e. The number of nitrogens with one attached hydrogen (secondary N) is 1. The molecule has 0 amide bonds. The first kappa shape index (κ1) is 11.3. The van der Waals surface area contributed by atoms with Crippen LogP contribution in [0.5, 0.6) is 0 Å². The third-order valence-electron chi connectivity index (χ3n) is 3.00. The molecule has 0 saturated heterocycles. The lowest BCUT2D eigenvalue weighted by Crippen LogP contribution is -2.26. The van der Waals surface area contributed by atoms with Crippen molar-refractivity contribution < 1.29 is 0 Å². The third-order valence-corrected chi connectivity index (χ3v) is 3.22. The summed E-state index contributed by atoms with van der Waals surface area (Å²) in [5, 5.41) is 3.55. The molecule has 13 heavy (non-hydrogen) atoms. The normalized spacial score (nSPS) is 20.8. The number of alkyl halides is 1. The molecule has 0 aromatic rings. The average Bonchev–Trinajstić information content (AvgIpc) is 2.57. The van der Waals surface area contributed by atoms with Crippen molar-refractivity contribution in [3.05, 3.63) is 0 Å². The first-order valence-corrected chi connectivity index (χ1v) is 6.13. The summed E-state index contributed by atoms with van der Waals surface area (Å²) in [6.07, 6.45) is 6.92. The molecule has 1 aliphatic rings. The maximum Gasteiger partial charge on any atom is 0.0226 e. The minimum absolute atomic E-state index is 0.735. The minimum atomic E-state index is 0.735. The van der Waals surface area contributed by atoms with Crippen LogP contribution in [0.25, 0.3) is 0 Å². The van der Waals surface area contributed by atoms with E-state index in [1.54, 1.807) is 0 Å². The topological polar surface area (TPSA) is 12.0 Å². The van der Waals surface area contributed by atoms with Gasteiger partial charge in [0.1, 0.15) is 0 Å². The van der Waals surface area contributed by atoms with E-state index < -0.39 is 0 Å². The Morgan fingerprint density at radius 2 is 2.08 bits per heavy atom. The molecule has 1 rings (SSSR count). The van der Waals surface area contributed by atoms with Crippen LogP contribution in [0, 0.1) is 11.8 Å². The molecule has 1 fully saturated rings. The lowest BCUT2D eigenvalue weighted by atomic mass is 10.1. The molecule has 0 aromatic carbocycles. The largest absolute Gasteiger partial charge is 0.316 e. The highest BCUT2D eigenvalue weighted by Gasteiger charge is 2.14. The van der Waals surface area contributed by atoms with E-state index in [-0.39, 0.29) is 0 Å². The molecule has 2 heteroatoms. The van der Waals surface area contributed by atoms with E-state index >= 15 is 0 Å². The van der Waals surface area contributed by atoms with Crippen molar-refractivity contribution in [1.29, 1.82) is 0 Å². The van der Waals surface area contributed by atoms with E-state index in [0.29, 0.717) is 0 Å². The van der Waals surface area contributed by atoms with Crippen molar-refractivity contribution in [2.75, 3.05) is 19.0 Å². The fourth-order valence-electron chi connectivity index (χ4n) is 2.04. The van der Waals surface area contributed by atoms with Crippen LogP contribution in [-0.2, 0) is 0 Å². The highest BCUT2D eigenvalue weighted by Crippen LogP contribution is 2.23. The predicted octanol–water partition coefficient (Wildman–Crippen LogP) is 3.03. The Balaban J connectivity index is 1.93. The Morgan fingerprint density at radius 1 is 1.38 bits per heavy atom. The molecule has 1 nitrogen and oxygen atoms in total. The van der Waals surface area contributed by atoms with Gasteiger partial charge in [-0.2, -0.15) is 0 Å². The van der Waals surface area contributed by atoms with E-state index in [2.05, 4.69) is 12.2 Å². The lowest BCUT2D eigenvalue weighted by molar-refractivity contribution is 0.440. The van der Waals surface area contributed by atoms with Gasteiger partial charge in [0, 0.05) is 5.88 Å². The fraction of sp³-hybridized carbons (Fsp3) is 1.00. The van der Waals surface area contributed by atoms with E-state index in [4.69, 9.17) is 11.6 Å². The summed E-state index contributed by atoms with van der Waals surface area (Å²) in [5.74, 6) is 2.49. The van der Waals surface area contributed by atoms with Crippen molar-refractivity contribution >= 4 is 11.6 Å². The zero-order valence-electron chi connectivity index (χ0n) is 8.69. The first-order chi connectivity index (χ1) is 6.33. The van der Waals surface area contributed by atoms with Gasteiger partial charge >= 0.3 is 0 Å². The summed E-state index contributed by atoms with van der Waals surface area (Å²) < 4.78 is 0. The number of hydrogen-bond donors (Lipinski definition) is 1. The molecule has 0 radical (unpaired) electrons. The monoisotopic (exact) mass is 203 g/mol. The van der Waals surface area contributed by atoms with Crippen molar-refractivity contribution in [3.63, 3.8) is 0 Å². The fourth-order valence-corrected chi connectivity index (χ4v) is 2.41. The van der Waals surface area contributed by atoms with E-state index in [0.717, 1.165) is 30.7 Å². The molecule has 1 N–H and O–H groups in total. The van der Waals surface area contributed by atoms with Gasteiger partial charge in [0.25, 0.3) is 0 Å². The summed E-state index contributed by atoms with van der Waals surface area (Å²) in [6.45, 7) is 4.64. The van der Waals surface area contributed by atoms with Crippen LogP contribution in [-0.4, -0.2) is 19.0 Å². The standard InChI is InChI=1S/C11H22ClN/c1-10(6-7-12)8-13-9-11-4-2-3-5-11/h10-11,13H,2-9H2,1H3. The van der Waals surface area contributed by atoms with Gasteiger partial charge in [-0.15, -0.1) is 11.6 Å². The second-order valence-electron chi connectivity index (χ2n) is 4.39. The molecule has 0 aromatic heterocycles. The zero-order valence-corrected chi connectivity index (χ0v) is 9.45. The van der Waals surface area contributed by atoms with Crippen molar-refractivity contribution in [2.24, 2.45) is 11.8 Å². The highest BCUT2D eigenvalue weighted by molar-refractivity contribution is 6.17. The van der Waals surface area contributed by atoms with Crippen LogP contribution in [0.2, 0.25) is 0 Å². The summed E-state index contributed by atoms with van der Waals surface area (Å²) in [6, 6.07) is 0. The molecule has 0 aliphatic heterocycles. The van der Waals surface area contributed by atoms with Gasteiger partial charge in [0.2, 0.25) is 0 Å². The molecule has 78 valence electrons. The lowest BCUT2D eigenvalue weighted by Gasteiger charge is -2.14. The van der Waals surface area contributed by atoms with Crippen LogP contribution in [0.1, 0.15) is 39.0 Å². The van der Waals surface area contributed by atoms with Crippen molar-refractivity contribution in [3.8, 4) is 0 Å². The average molecular weight is 204 g/mol. The molecular weight excluding hydrogens is 182 g/mol. The number of halogens is 1. The van der Waals surface area contributed by atoms with Crippen LogP contribution < -0.4 is 5.32 Å². The van der Waals surface area contributed by atoms with Gasteiger partial charge in [-0.3, -0.25) is 0 Å². The summed E-state index contributed by atoms with van der Waals surface area (Å²) in [5.41, 5.74) is 0. The smallest absolute Gasteiger partial charge is 0.0226 e. The molecule has 1 saturated carbocycles. The summed E-state index contributed by atoms with van der Waals surface area (Å²) in [7, 11) is 0. The second-order valence-corrected chi connectivity index (χ2v) is 4.77. The van der Waals surface area contributed by atoms with Gasteiger partial charge in [-0.25, -0.2) is 0 Å². The summed E-state index contributed by atoms with van der Waals surface area (Å²) >= 11 is 5.67. The maximum absolute atomic E-state index is 5.67. The Kier molecular flexibility index (Phi) is 5.81. The van der Waals surface area contributed by atoms with Crippen LogP contribution in [0.15, 0.2) is 0 Å². The van der Waals surface area contributed by atoms with Gasteiger partial charge < -0.3 is 5.32 Å². The van der Waals surface area contributed by atoms with Crippen LogP contribution >= 0.6 is 11.6 Å². The predicted molar refractivity (Wildman–Crippen MR) is 59.3 cm³/mol. The van der Waals surface area contributed by atoms with Crippen LogP contribution in [0.3, 0.4) is 0 Å². The SMILES string of the molecule is CC(CCCl)CNCC1CCCC1. The summed E-state index contributed by atoms with van der Waals surface area (Å²) in [4.78, 5) is 0. The maximum atomic E-state index is 5.67.